The Kier molecular flexibility index (Phi) is 7.55. The number of carbonyl (C=O) groups excluding carboxylic acids is 2. The molecule has 2 saturated heterocycles. The van der Waals surface area contributed by atoms with Crippen molar-refractivity contribution in [1.29, 1.82) is 0 Å². The van der Waals surface area contributed by atoms with Gasteiger partial charge in [0.15, 0.2) is 0 Å². The summed E-state index contributed by atoms with van der Waals surface area (Å²) < 4.78 is 22.6. The molecule has 0 saturated carbocycles. The van der Waals surface area contributed by atoms with E-state index in [0.29, 0.717) is 13.0 Å². The highest BCUT2D eigenvalue weighted by atomic mass is 32.2. The van der Waals surface area contributed by atoms with Crippen LogP contribution in [0.5, 0.6) is 0 Å². The van der Waals surface area contributed by atoms with Crippen molar-refractivity contribution in [3.8, 4) is 0 Å². The van der Waals surface area contributed by atoms with Crippen LogP contribution in [0, 0.1) is 0 Å². The Morgan fingerprint density at radius 1 is 1.14 bits per heavy atom. The minimum Gasteiger partial charge on any atom is -0.355 e. The predicted octanol–water partition coefficient (Wildman–Crippen LogP) is 0.0325. The first kappa shape index (κ1) is 22.1. The highest BCUT2D eigenvalue weighted by Crippen LogP contribution is 2.21. The topological polar surface area (TPSA) is 113 Å². The van der Waals surface area contributed by atoms with E-state index in [1.165, 1.54) is 12.1 Å². The van der Waals surface area contributed by atoms with Crippen LogP contribution in [-0.4, -0.2) is 80.3 Å². The van der Waals surface area contributed by atoms with Crippen molar-refractivity contribution in [3.63, 3.8) is 0 Å². The number of sulfonamides is 1. The van der Waals surface area contributed by atoms with Gasteiger partial charge in [0.1, 0.15) is 0 Å². The van der Waals surface area contributed by atoms with E-state index in [1.807, 2.05) is 21.6 Å². The summed E-state index contributed by atoms with van der Waals surface area (Å²) in [5.41, 5.74) is 0.912. The van der Waals surface area contributed by atoms with Gasteiger partial charge in [0.25, 0.3) is 0 Å². The zero-order valence-corrected chi connectivity index (χ0v) is 18.0. The number of nitrogens with two attached hydrogens (primary N) is 1. The van der Waals surface area contributed by atoms with Gasteiger partial charge in [-0.05, 0) is 43.5 Å². The van der Waals surface area contributed by atoms with Gasteiger partial charge in [-0.15, -0.1) is 0 Å². The van der Waals surface area contributed by atoms with Crippen LogP contribution in [0.4, 0.5) is 0 Å². The second kappa shape index (κ2) is 9.92. The van der Waals surface area contributed by atoms with Crippen molar-refractivity contribution in [2.45, 2.75) is 30.2 Å². The van der Waals surface area contributed by atoms with E-state index in [4.69, 9.17) is 5.14 Å². The molecule has 160 valence electrons. The van der Waals surface area contributed by atoms with E-state index in [1.54, 1.807) is 12.1 Å². The molecule has 2 heterocycles. The molecule has 0 spiro atoms. The van der Waals surface area contributed by atoms with Crippen molar-refractivity contribution >= 4 is 33.6 Å². The van der Waals surface area contributed by atoms with Crippen molar-refractivity contribution in [2.75, 3.05) is 44.2 Å². The zero-order valence-electron chi connectivity index (χ0n) is 16.4. The largest absolute Gasteiger partial charge is 0.355 e. The number of benzene rings is 1. The predicted molar refractivity (Wildman–Crippen MR) is 113 cm³/mol. The summed E-state index contributed by atoms with van der Waals surface area (Å²) in [6.07, 6.45) is 2.33. The van der Waals surface area contributed by atoms with Gasteiger partial charge in [0.05, 0.1) is 17.5 Å². The Morgan fingerprint density at radius 3 is 2.48 bits per heavy atom. The van der Waals surface area contributed by atoms with Crippen LogP contribution in [0.25, 0.3) is 0 Å². The minimum atomic E-state index is -3.69. The quantitative estimate of drug-likeness (QED) is 0.619. The van der Waals surface area contributed by atoms with Gasteiger partial charge in [-0.2, -0.15) is 11.8 Å². The average Bonchev–Trinajstić information content (AvgIpc) is 3.15. The van der Waals surface area contributed by atoms with E-state index in [9.17, 15) is 18.0 Å². The number of nitrogens with zero attached hydrogens (tertiary/aromatic N) is 2. The van der Waals surface area contributed by atoms with Crippen molar-refractivity contribution in [3.05, 3.63) is 29.8 Å². The highest BCUT2D eigenvalue weighted by Gasteiger charge is 2.34. The molecule has 0 radical (unpaired) electrons. The maximum atomic E-state index is 12.8. The van der Waals surface area contributed by atoms with Crippen LogP contribution >= 0.6 is 11.8 Å². The lowest BCUT2D eigenvalue weighted by Crippen LogP contribution is -2.50. The lowest BCUT2D eigenvalue weighted by atomic mass is 10.1. The van der Waals surface area contributed by atoms with Crippen LogP contribution in [-0.2, 0) is 26.0 Å². The summed E-state index contributed by atoms with van der Waals surface area (Å²) in [6, 6.07) is 6.13. The third-order valence-corrected chi connectivity index (χ3v) is 7.18. The second-order valence-electron chi connectivity index (χ2n) is 7.36. The fourth-order valence-electron chi connectivity index (χ4n) is 3.72. The monoisotopic (exact) mass is 440 g/mol. The summed E-state index contributed by atoms with van der Waals surface area (Å²) >= 11 is 1.87. The first-order chi connectivity index (χ1) is 13.8. The first-order valence-corrected chi connectivity index (χ1v) is 12.5. The van der Waals surface area contributed by atoms with Crippen LogP contribution in [0.2, 0.25) is 0 Å². The standard InChI is InChI=1S/C19H28N4O4S2/c20-29(26,27)16-5-3-15(4-6-16)7-8-21-18(24)14-23-9-1-2-17(23)19(25)22-10-12-28-13-11-22/h3-6,17H,1-2,7-14H2,(H,21,24)(H2,20,26,27). The molecule has 3 N–H and O–H groups in total. The molecule has 2 amide bonds. The number of carbonyl (C=O) groups is 2. The molecule has 2 aliphatic rings. The molecule has 1 aromatic carbocycles. The Morgan fingerprint density at radius 2 is 1.83 bits per heavy atom. The minimum absolute atomic E-state index is 0.0716. The lowest BCUT2D eigenvalue weighted by molar-refractivity contribution is -0.136. The summed E-state index contributed by atoms with van der Waals surface area (Å²) in [6.45, 7) is 3.03. The summed E-state index contributed by atoms with van der Waals surface area (Å²) in [7, 11) is -3.69. The number of hydrogen-bond acceptors (Lipinski definition) is 6. The molecule has 2 fully saturated rings. The van der Waals surface area contributed by atoms with Gasteiger partial charge >= 0.3 is 0 Å². The number of rotatable bonds is 7. The summed E-state index contributed by atoms with van der Waals surface area (Å²) in [5, 5.41) is 7.98. The fourth-order valence-corrected chi connectivity index (χ4v) is 5.14. The smallest absolute Gasteiger partial charge is 0.239 e. The van der Waals surface area contributed by atoms with E-state index in [2.05, 4.69) is 5.32 Å². The molecule has 2 aliphatic heterocycles. The van der Waals surface area contributed by atoms with Gasteiger partial charge < -0.3 is 10.2 Å². The maximum Gasteiger partial charge on any atom is 0.239 e. The molecule has 29 heavy (non-hydrogen) atoms. The Bertz CT molecular complexity index is 823. The third kappa shape index (κ3) is 6.18. The van der Waals surface area contributed by atoms with E-state index >= 15 is 0 Å². The molecule has 10 heteroatoms. The van der Waals surface area contributed by atoms with Crippen LogP contribution in [0.1, 0.15) is 18.4 Å². The number of amides is 2. The third-order valence-electron chi connectivity index (χ3n) is 5.31. The van der Waals surface area contributed by atoms with Gasteiger partial charge in [-0.1, -0.05) is 12.1 Å². The molecule has 0 bridgehead atoms. The first-order valence-electron chi connectivity index (χ1n) is 9.83. The van der Waals surface area contributed by atoms with Gasteiger partial charge in [-0.3, -0.25) is 14.5 Å². The van der Waals surface area contributed by atoms with Crippen LogP contribution in [0.3, 0.4) is 0 Å². The second-order valence-corrected chi connectivity index (χ2v) is 10.1. The molecule has 1 aromatic rings. The Balaban J connectivity index is 1.44. The molecule has 1 unspecified atom stereocenters. The lowest BCUT2D eigenvalue weighted by Gasteiger charge is -2.32. The number of thioether (sulfide) groups is 1. The number of nitrogens with one attached hydrogen (secondary N) is 1. The maximum absolute atomic E-state index is 12.8. The van der Waals surface area contributed by atoms with Gasteiger partial charge in [0, 0.05) is 31.1 Å². The van der Waals surface area contributed by atoms with E-state index in [-0.39, 0.29) is 29.3 Å². The molecule has 8 nitrogen and oxygen atoms in total. The molecule has 3 rings (SSSR count). The van der Waals surface area contributed by atoms with Gasteiger partial charge in [-0.25, -0.2) is 13.6 Å². The zero-order chi connectivity index (χ0) is 20.9. The normalized spacial score (nSPS) is 20.6. The number of primary sulfonamides is 1. The van der Waals surface area contributed by atoms with E-state index < -0.39 is 10.0 Å². The number of likely N-dealkylation sites (tertiary alicyclic amines) is 1. The van der Waals surface area contributed by atoms with Crippen molar-refractivity contribution in [1.82, 2.24) is 15.1 Å². The highest BCUT2D eigenvalue weighted by molar-refractivity contribution is 7.99. The molecule has 1 atom stereocenters. The number of hydrogen-bond donors (Lipinski definition) is 2. The molecular weight excluding hydrogens is 412 g/mol. The van der Waals surface area contributed by atoms with Gasteiger partial charge in [0.2, 0.25) is 21.8 Å². The SMILES string of the molecule is NS(=O)(=O)c1ccc(CCNC(=O)CN2CCCC2C(=O)N2CCSCC2)cc1. The molecule has 0 aromatic heterocycles. The Labute approximate surface area is 176 Å². The van der Waals surface area contributed by atoms with Crippen LogP contribution < -0.4 is 10.5 Å². The van der Waals surface area contributed by atoms with E-state index in [0.717, 1.165) is 49.5 Å². The molecule has 0 aliphatic carbocycles. The summed E-state index contributed by atoms with van der Waals surface area (Å²) in [4.78, 5) is 29.1. The fraction of sp³-hybridized carbons (Fsp3) is 0.579. The van der Waals surface area contributed by atoms with Crippen molar-refractivity contribution in [2.24, 2.45) is 5.14 Å². The molecular formula is C19H28N4O4S2. The summed E-state index contributed by atoms with van der Waals surface area (Å²) in [5.74, 6) is 2.03. The Hall–Kier alpha value is -1.62. The average molecular weight is 441 g/mol. The van der Waals surface area contributed by atoms with Crippen LogP contribution in [0.15, 0.2) is 29.2 Å². The van der Waals surface area contributed by atoms with Crippen molar-refractivity contribution < 1.29 is 18.0 Å².